The van der Waals surface area contributed by atoms with E-state index in [2.05, 4.69) is 6.07 Å². The molecule has 102 valence electrons. The monoisotopic (exact) mass is 287 g/mol. The summed E-state index contributed by atoms with van der Waals surface area (Å²) in [4.78, 5) is 0. The molecule has 3 nitrogen and oxygen atoms in total. The van der Waals surface area contributed by atoms with Gasteiger partial charge in [-0.15, -0.1) is 0 Å². The van der Waals surface area contributed by atoms with Crippen LogP contribution in [0.5, 0.6) is 11.5 Å². The van der Waals surface area contributed by atoms with Crippen LogP contribution in [0.25, 0.3) is 0 Å². The molecule has 0 bridgehead atoms. The first kappa shape index (κ1) is 14.2. The maximum absolute atomic E-state index is 8.62. The van der Waals surface area contributed by atoms with Crippen molar-refractivity contribution >= 4 is 11.6 Å². The molecule has 20 heavy (non-hydrogen) atoms. The van der Waals surface area contributed by atoms with E-state index in [-0.39, 0.29) is 0 Å². The number of nitrogens with zero attached hydrogens (tertiary/aromatic N) is 1. The predicted molar refractivity (Wildman–Crippen MR) is 78.1 cm³/mol. The largest absolute Gasteiger partial charge is 0.496 e. The van der Waals surface area contributed by atoms with E-state index in [0.29, 0.717) is 18.1 Å². The molecule has 0 saturated carbocycles. The maximum Gasteiger partial charge on any atom is 0.125 e. The van der Waals surface area contributed by atoms with E-state index >= 15 is 0 Å². The van der Waals surface area contributed by atoms with Crippen molar-refractivity contribution in [2.24, 2.45) is 0 Å². The molecule has 0 N–H and O–H groups in total. The zero-order valence-electron chi connectivity index (χ0n) is 11.1. The minimum absolute atomic E-state index is 0.376. The molecule has 0 spiro atoms. The molecule has 0 heterocycles. The van der Waals surface area contributed by atoms with Crippen molar-refractivity contribution in [2.45, 2.75) is 13.0 Å². The molecule has 0 radical (unpaired) electrons. The molecule has 0 aliphatic rings. The minimum atomic E-state index is 0.376. The van der Waals surface area contributed by atoms with Crippen LogP contribution in [0.3, 0.4) is 0 Å². The van der Waals surface area contributed by atoms with Crippen LogP contribution in [0.2, 0.25) is 5.02 Å². The van der Waals surface area contributed by atoms with Gasteiger partial charge in [0.25, 0.3) is 0 Å². The highest BCUT2D eigenvalue weighted by molar-refractivity contribution is 6.30. The first-order valence-corrected chi connectivity index (χ1v) is 6.52. The average Bonchev–Trinajstić information content (AvgIpc) is 2.47. The standard InChI is InChI=1S/C16H14ClNO2/c1-19-16-7-4-14(17)10-13(16)11-20-15-5-2-12(3-6-15)8-9-18/h2-7,10H,8,11H2,1H3. The van der Waals surface area contributed by atoms with E-state index < -0.39 is 0 Å². The summed E-state index contributed by atoms with van der Waals surface area (Å²) in [5.74, 6) is 1.49. The van der Waals surface area contributed by atoms with Crippen LogP contribution in [0.1, 0.15) is 11.1 Å². The molecule has 4 heteroatoms. The van der Waals surface area contributed by atoms with E-state index in [1.165, 1.54) is 0 Å². The molecule has 0 saturated heterocycles. The topological polar surface area (TPSA) is 42.2 Å². The van der Waals surface area contributed by atoms with Crippen LogP contribution >= 0.6 is 11.6 Å². The van der Waals surface area contributed by atoms with Gasteiger partial charge in [0.05, 0.1) is 19.6 Å². The van der Waals surface area contributed by atoms with Crippen LogP contribution < -0.4 is 9.47 Å². The molecule has 2 rings (SSSR count). The smallest absolute Gasteiger partial charge is 0.125 e. The van der Waals surface area contributed by atoms with Crippen molar-refractivity contribution in [2.75, 3.05) is 7.11 Å². The Labute approximate surface area is 123 Å². The molecule has 0 fully saturated rings. The van der Waals surface area contributed by atoms with Gasteiger partial charge in [0, 0.05) is 10.6 Å². The van der Waals surface area contributed by atoms with Crippen molar-refractivity contribution < 1.29 is 9.47 Å². The lowest BCUT2D eigenvalue weighted by Crippen LogP contribution is -1.99. The molecule has 2 aromatic carbocycles. The van der Waals surface area contributed by atoms with E-state index in [9.17, 15) is 0 Å². The minimum Gasteiger partial charge on any atom is -0.496 e. The van der Waals surface area contributed by atoms with Gasteiger partial charge in [-0.05, 0) is 35.9 Å². The highest BCUT2D eigenvalue weighted by Gasteiger charge is 2.05. The molecule has 0 atom stereocenters. The van der Waals surface area contributed by atoms with Crippen molar-refractivity contribution in [3.63, 3.8) is 0 Å². The van der Waals surface area contributed by atoms with E-state index in [1.54, 1.807) is 13.2 Å². The van der Waals surface area contributed by atoms with Gasteiger partial charge >= 0.3 is 0 Å². The highest BCUT2D eigenvalue weighted by atomic mass is 35.5. The van der Waals surface area contributed by atoms with Gasteiger partial charge in [0.15, 0.2) is 0 Å². The number of benzene rings is 2. The zero-order chi connectivity index (χ0) is 14.4. The lowest BCUT2D eigenvalue weighted by atomic mass is 10.1. The van der Waals surface area contributed by atoms with Gasteiger partial charge in [0.1, 0.15) is 18.1 Å². The van der Waals surface area contributed by atoms with Gasteiger partial charge in [-0.2, -0.15) is 5.26 Å². The second kappa shape index (κ2) is 6.83. The Bertz CT molecular complexity index is 617. The fourth-order valence-corrected chi connectivity index (χ4v) is 2.01. The summed E-state index contributed by atoms with van der Waals surface area (Å²) < 4.78 is 11.0. The Morgan fingerprint density at radius 1 is 1.15 bits per heavy atom. The van der Waals surface area contributed by atoms with Crippen LogP contribution in [0.15, 0.2) is 42.5 Å². The summed E-state index contributed by atoms with van der Waals surface area (Å²) in [6.45, 7) is 0.376. The SMILES string of the molecule is COc1ccc(Cl)cc1COc1ccc(CC#N)cc1. The number of rotatable bonds is 5. The maximum atomic E-state index is 8.62. The van der Waals surface area contributed by atoms with Gasteiger partial charge in [-0.3, -0.25) is 0 Å². The number of halogens is 1. The average molecular weight is 288 g/mol. The molecular formula is C16H14ClNO2. The third-order valence-corrected chi connectivity index (χ3v) is 3.08. The summed E-state index contributed by atoms with van der Waals surface area (Å²) >= 11 is 5.97. The van der Waals surface area contributed by atoms with Gasteiger partial charge in [-0.1, -0.05) is 23.7 Å². The number of nitriles is 1. The van der Waals surface area contributed by atoms with E-state index in [0.717, 1.165) is 22.6 Å². The lowest BCUT2D eigenvalue weighted by molar-refractivity contribution is 0.296. The van der Waals surface area contributed by atoms with Gasteiger partial charge in [-0.25, -0.2) is 0 Å². The summed E-state index contributed by atoms with van der Waals surface area (Å²) in [6, 6.07) is 15.0. The summed E-state index contributed by atoms with van der Waals surface area (Å²) in [6.07, 6.45) is 0.405. The summed E-state index contributed by atoms with van der Waals surface area (Å²) in [5.41, 5.74) is 1.86. The van der Waals surface area contributed by atoms with Crippen LogP contribution in [-0.4, -0.2) is 7.11 Å². The fraction of sp³-hybridized carbons (Fsp3) is 0.188. The number of hydrogen-bond acceptors (Lipinski definition) is 3. The summed E-state index contributed by atoms with van der Waals surface area (Å²) in [5, 5.41) is 9.26. The molecule has 2 aromatic rings. The third-order valence-electron chi connectivity index (χ3n) is 2.84. The Morgan fingerprint density at radius 2 is 1.90 bits per heavy atom. The molecular weight excluding hydrogens is 274 g/mol. The number of hydrogen-bond donors (Lipinski definition) is 0. The van der Waals surface area contributed by atoms with E-state index in [1.807, 2.05) is 36.4 Å². The predicted octanol–water partition coefficient (Wildman–Crippen LogP) is 3.99. The Kier molecular flexibility index (Phi) is 4.86. The summed E-state index contributed by atoms with van der Waals surface area (Å²) in [7, 11) is 1.61. The third kappa shape index (κ3) is 3.66. The molecule has 0 amide bonds. The molecule has 0 aromatic heterocycles. The van der Waals surface area contributed by atoms with E-state index in [4.69, 9.17) is 26.3 Å². The molecule has 0 aliphatic heterocycles. The lowest BCUT2D eigenvalue weighted by Gasteiger charge is -2.11. The number of methoxy groups -OCH3 is 1. The Balaban J connectivity index is 2.05. The van der Waals surface area contributed by atoms with Crippen molar-refractivity contribution in [1.29, 1.82) is 5.26 Å². The Morgan fingerprint density at radius 3 is 2.55 bits per heavy atom. The van der Waals surface area contributed by atoms with Crippen molar-refractivity contribution in [3.05, 3.63) is 58.6 Å². The first-order valence-electron chi connectivity index (χ1n) is 6.14. The van der Waals surface area contributed by atoms with Crippen LogP contribution in [-0.2, 0) is 13.0 Å². The number of ether oxygens (including phenoxy) is 2. The van der Waals surface area contributed by atoms with Gasteiger partial charge < -0.3 is 9.47 Å². The second-order valence-electron chi connectivity index (χ2n) is 4.22. The Hall–Kier alpha value is -2.18. The zero-order valence-corrected chi connectivity index (χ0v) is 11.9. The normalized spacial score (nSPS) is 9.85. The van der Waals surface area contributed by atoms with Gasteiger partial charge in [0.2, 0.25) is 0 Å². The van der Waals surface area contributed by atoms with Crippen molar-refractivity contribution in [3.8, 4) is 17.6 Å². The van der Waals surface area contributed by atoms with Crippen molar-refractivity contribution in [1.82, 2.24) is 0 Å². The second-order valence-corrected chi connectivity index (χ2v) is 4.66. The van der Waals surface area contributed by atoms with Crippen LogP contribution in [0, 0.1) is 11.3 Å². The quantitative estimate of drug-likeness (QED) is 0.835. The fourth-order valence-electron chi connectivity index (χ4n) is 1.82. The first-order chi connectivity index (χ1) is 9.72. The molecule has 0 aliphatic carbocycles. The highest BCUT2D eigenvalue weighted by Crippen LogP contribution is 2.24. The van der Waals surface area contributed by atoms with Crippen LogP contribution in [0.4, 0.5) is 0 Å². The molecule has 0 unspecified atom stereocenters.